The molecule has 0 bridgehead atoms. The Morgan fingerprint density at radius 1 is 1.17 bits per heavy atom. The average molecular weight is 334 g/mol. The second kappa shape index (κ2) is 8.19. The van der Waals surface area contributed by atoms with E-state index in [1.165, 1.54) is 0 Å². The van der Waals surface area contributed by atoms with Gasteiger partial charge in [0.15, 0.2) is 0 Å². The number of hydrogen-bond donors (Lipinski definition) is 1. The number of nitrogens with one attached hydrogen (secondary N) is 1. The number of anilines is 1. The van der Waals surface area contributed by atoms with Crippen molar-refractivity contribution >= 4 is 17.5 Å². The van der Waals surface area contributed by atoms with E-state index in [2.05, 4.69) is 25.2 Å². The highest BCUT2D eigenvalue weighted by molar-refractivity contribution is 6.32. The van der Waals surface area contributed by atoms with E-state index in [1.807, 2.05) is 18.2 Å². The average Bonchev–Trinajstić information content (AvgIpc) is 2.60. The third-order valence-electron chi connectivity index (χ3n) is 3.73. The van der Waals surface area contributed by atoms with Crippen LogP contribution in [0, 0.1) is 0 Å². The molecule has 0 unspecified atom stereocenters. The summed E-state index contributed by atoms with van der Waals surface area (Å²) in [5, 5.41) is 3.72. The molecule has 1 fully saturated rings. The van der Waals surface area contributed by atoms with Gasteiger partial charge in [-0.05, 0) is 31.2 Å². The zero-order valence-corrected chi connectivity index (χ0v) is 13.7. The van der Waals surface area contributed by atoms with Gasteiger partial charge in [-0.1, -0.05) is 11.6 Å². The van der Waals surface area contributed by atoms with Gasteiger partial charge in [-0.3, -0.25) is 4.90 Å². The van der Waals surface area contributed by atoms with Crippen molar-refractivity contribution in [3.63, 3.8) is 0 Å². The first-order valence-electron chi connectivity index (χ1n) is 7.81. The molecule has 122 valence electrons. The molecule has 0 saturated carbocycles. The SMILES string of the molecule is Clc1ncccc1-c1ccnc(NCCCN2CCOCC2)n1. The van der Waals surface area contributed by atoms with Crippen LogP contribution in [0.5, 0.6) is 0 Å². The van der Waals surface area contributed by atoms with Gasteiger partial charge in [0.1, 0.15) is 5.15 Å². The molecule has 3 heterocycles. The number of hydrogen-bond acceptors (Lipinski definition) is 6. The monoisotopic (exact) mass is 333 g/mol. The Kier molecular flexibility index (Phi) is 5.74. The van der Waals surface area contributed by atoms with Gasteiger partial charge < -0.3 is 10.1 Å². The molecule has 0 radical (unpaired) electrons. The van der Waals surface area contributed by atoms with Crippen LogP contribution >= 0.6 is 11.6 Å². The van der Waals surface area contributed by atoms with E-state index in [-0.39, 0.29) is 0 Å². The lowest BCUT2D eigenvalue weighted by Gasteiger charge is -2.26. The summed E-state index contributed by atoms with van der Waals surface area (Å²) in [5.74, 6) is 0.615. The van der Waals surface area contributed by atoms with Crippen molar-refractivity contribution < 1.29 is 4.74 Å². The van der Waals surface area contributed by atoms with E-state index >= 15 is 0 Å². The first-order valence-corrected chi connectivity index (χ1v) is 8.18. The summed E-state index contributed by atoms with van der Waals surface area (Å²) in [4.78, 5) is 15.3. The van der Waals surface area contributed by atoms with E-state index < -0.39 is 0 Å². The number of nitrogens with zero attached hydrogens (tertiary/aromatic N) is 4. The topological polar surface area (TPSA) is 63.2 Å². The molecule has 7 heteroatoms. The molecular formula is C16H20ClN5O. The maximum absolute atomic E-state index is 6.12. The van der Waals surface area contributed by atoms with Crippen molar-refractivity contribution in [2.24, 2.45) is 0 Å². The molecule has 1 aliphatic heterocycles. The van der Waals surface area contributed by atoms with Crippen LogP contribution in [-0.4, -0.2) is 59.2 Å². The summed E-state index contributed by atoms with van der Waals surface area (Å²) in [6.07, 6.45) is 4.44. The normalized spacial score (nSPS) is 15.5. The maximum Gasteiger partial charge on any atom is 0.223 e. The molecule has 1 N–H and O–H groups in total. The van der Waals surface area contributed by atoms with Crippen LogP contribution in [0.4, 0.5) is 5.95 Å². The van der Waals surface area contributed by atoms with E-state index in [1.54, 1.807) is 12.4 Å². The van der Waals surface area contributed by atoms with Gasteiger partial charge in [-0.25, -0.2) is 15.0 Å². The first kappa shape index (κ1) is 16.1. The highest BCUT2D eigenvalue weighted by Gasteiger charge is 2.10. The molecular weight excluding hydrogens is 314 g/mol. The highest BCUT2D eigenvalue weighted by atomic mass is 35.5. The standard InChI is InChI=1S/C16H20ClN5O/c17-15-13(3-1-5-18-15)14-4-7-20-16(21-14)19-6-2-8-22-9-11-23-12-10-22/h1,3-5,7H,2,6,8-12H2,(H,19,20,21). The Hall–Kier alpha value is -1.76. The first-order chi connectivity index (χ1) is 11.3. The Balaban J connectivity index is 1.52. The Morgan fingerprint density at radius 2 is 2.04 bits per heavy atom. The molecule has 2 aromatic rings. The predicted molar refractivity (Wildman–Crippen MR) is 90.6 cm³/mol. The van der Waals surface area contributed by atoms with Crippen molar-refractivity contribution in [2.45, 2.75) is 6.42 Å². The lowest BCUT2D eigenvalue weighted by atomic mass is 10.2. The predicted octanol–water partition coefficient (Wildman–Crippen LogP) is 2.33. The van der Waals surface area contributed by atoms with Gasteiger partial charge in [0.2, 0.25) is 5.95 Å². The fourth-order valence-corrected chi connectivity index (χ4v) is 2.71. The minimum atomic E-state index is 0.449. The van der Waals surface area contributed by atoms with Crippen molar-refractivity contribution in [1.29, 1.82) is 0 Å². The summed E-state index contributed by atoms with van der Waals surface area (Å²) in [5.41, 5.74) is 1.58. The van der Waals surface area contributed by atoms with E-state index in [9.17, 15) is 0 Å². The minimum absolute atomic E-state index is 0.449. The zero-order chi connectivity index (χ0) is 15.9. The number of morpholine rings is 1. The van der Waals surface area contributed by atoms with Crippen LogP contribution in [0.15, 0.2) is 30.6 Å². The molecule has 1 saturated heterocycles. The van der Waals surface area contributed by atoms with Crippen LogP contribution in [0.1, 0.15) is 6.42 Å². The third-order valence-corrected chi connectivity index (χ3v) is 4.03. The molecule has 0 spiro atoms. The number of ether oxygens (including phenoxy) is 1. The molecule has 0 atom stereocenters. The molecule has 0 aromatic carbocycles. The van der Waals surface area contributed by atoms with Gasteiger partial charge in [-0.2, -0.15) is 0 Å². The molecule has 1 aliphatic rings. The van der Waals surface area contributed by atoms with Gasteiger partial charge in [0.05, 0.1) is 18.9 Å². The van der Waals surface area contributed by atoms with Crippen molar-refractivity contribution in [1.82, 2.24) is 19.9 Å². The quantitative estimate of drug-likeness (QED) is 0.646. The number of pyridine rings is 1. The van der Waals surface area contributed by atoms with E-state index in [0.29, 0.717) is 11.1 Å². The van der Waals surface area contributed by atoms with Crippen molar-refractivity contribution in [3.05, 3.63) is 35.7 Å². The largest absolute Gasteiger partial charge is 0.379 e. The number of aromatic nitrogens is 3. The molecule has 6 nitrogen and oxygen atoms in total. The Morgan fingerprint density at radius 3 is 2.87 bits per heavy atom. The molecule has 0 aliphatic carbocycles. The maximum atomic E-state index is 6.12. The van der Waals surface area contributed by atoms with Crippen LogP contribution in [-0.2, 0) is 4.74 Å². The third kappa shape index (κ3) is 4.60. The second-order valence-corrected chi connectivity index (χ2v) is 5.70. The summed E-state index contributed by atoms with van der Waals surface area (Å²) in [6, 6.07) is 5.58. The van der Waals surface area contributed by atoms with Gasteiger partial charge in [-0.15, -0.1) is 0 Å². The number of rotatable bonds is 6. The lowest BCUT2D eigenvalue weighted by molar-refractivity contribution is 0.0378. The summed E-state index contributed by atoms with van der Waals surface area (Å²) >= 11 is 6.12. The highest BCUT2D eigenvalue weighted by Crippen LogP contribution is 2.24. The second-order valence-electron chi connectivity index (χ2n) is 5.34. The smallest absolute Gasteiger partial charge is 0.223 e. The van der Waals surface area contributed by atoms with Gasteiger partial charge in [0.25, 0.3) is 0 Å². The van der Waals surface area contributed by atoms with Crippen molar-refractivity contribution in [3.8, 4) is 11.3 Å². The molecule has 2 aromatic heterocycles. The Bertz CT molecular complexity index is 633. The van der Waals surface area contributed by atoms with Crippen LogP contribution < -0.4 is 5.32 Å². The summed E-state index contributed by atoms with van der Waals surface area (Å²) in [6.45, 7) is 5.61. The van der Waals surface area contributed by atoms with Gasteiger partial charge in [0, 0.05) is 37.6 Å². The van der Waals surface area contributed by atoms with Gasteiger partial charge >= 0.3 is 0 Å². The number of halogens is 1. The van der Waals surface area contributed by atoms with Crippen molar-refractivity contribution in [2.75, 3.05) is 44.7 Å². The summed E-state index contributed by atoms with van der Waals surface area (Å²) in [7, 11) is 0. The fourth-order valence-electron chi connectivity index (χ4n) is 2.50. The molecule has 0 amide bonds. The van der Waals surface area contributed by atoms with Crippen LogP contribution in [0.2, 0.25) is 5.15 Å². The molecule has 23 heavy (non-hydrogen) atoms. The lowest BCUT2D eigenvalue weighted by Crippen LogP contribution is -2.37. The molecule has 3 rings (SSSR count). The summed E-state index contributed by atoms with van der Waals surface area (Å²) < 4.78 is 5.35. The zero-order valence-electron chi connectivity index (χ0n) is 12.9. The Labute approximate surface area is 140 Å². The minimum Gasteiger partial charge on any atom is -0.379 e. The van der Waals surface area contributed by atoms with E-state index in [0.717, 1.165) is 57.1 Å². The van der Waals surface area contributed by atoms with Crippen LogP contribution in [0.3, 0.4) is 0 Å². The fraction of sp³-hybridized carbons (Fsp3) is 0.438. The van der Waals surface area contributed by atoms with E-state index in [4.69, 9.17) is 16.3 Å². The van der Waals surface area contributed by atoms with Crippen LogP contribution in [0.25, 0.3) is 11.3 Å².